The van der Waals surface area contributed by atoms with Crippen LogP contribution in [0.5, 0.6) is 5.75 Å². The van der Waals surface area contributed by atoms with E-state index in [1.54, 1.807) is 6.07 Å². The Labute approximate surface area is 64.2 Å². The molecular weight excluding hydrogens is 147 g/mol. The number of hydrogen-bond donors (Lipinski definition) is 1. The lowest BCUT2D eigenvalue weighted by Crippen LogP contribution is -1.91. The SMILES string of the molecule is COc1[c]c(F)c(CO)cc1. The average molecular weight is 155 g/mol. The van der Waals surface area contributed by atoms with E-state index in [1.165, 1.54) is 13.2 Å². The number of aliphatic hydroxyl groups is 1. The third-order valence-corrected chi connectivity index (χ3v) is 1.34. The maximum atomic E-state index is 12.7. The van der Waals surface area contributed by atoms with Gasteiger partial charge in [0.15, 0.2) is 0 Å². The zero-order valence-corrected chi connectivity index (χ0v) is 6.10. The van der Waals surface area contributed by atoms with Crippen LogP contribution in [0.1, 0.15) is 5.56 Å². The monoisotopic (exact) mass is 155 g/mol. The molecule has 1 aromatic carbocycles. The van der Waals surface area contributed by atoms with Crippen molar-refractivity contribution in [2.45, 2.75) is 6.61 Å². The fourth-order valence-electron chi connectivity index (χ4n) is 0.721. The Kier molecular flexibility index (Phi) is 2.44. The van der Waals surface area contributed by atoms with Gasteiger partial charge in [-0.1, -0.05) is 6.07 Å². The number of rotatable bonds is 2. The summed E-state index contributed by atoms with van der Waals surface area (Å²) in [6.07, 6.45) is 0. The maximum absolute atomic E-state index is 12.7. The molecule has 59 valence electrons. The van der Waals surface area contributed by atoms with Crippen LogP contribution in [-0.2, 0) is 6.61 Å². The van der Waals surface area contributed by atoms with Crippen molar-refractivity contribution in [3.63, 3.8) is 0 Å². The molecule has 0 amide bonds. The van der Waals surface area contributed by atoms with Gasteiger partial charge in [0, 0.05) is 5.56 Å². The highest BCUT2D eigenvalue weighted by Crippen LogP contribution is 2.14. The number of benzene rings is 1. The zero-order chi connectivity index (χ0) is 8.27. The van der Waals surface area contributed by atoms with Gasteiger partial charge >= 0.3 is 0 Å². The van der Waals surface area contributed by atoms with Gasteiger partial charge in [0.1, 0.15) is 11.6 Å². The molecule has 0 saturated heterocycles. The average Bonchev–Trinajstić information content (AvgIpc) is 2.04. The highest BCUT2D eigenvalue weighted by atomic mass is 19.1. The molecule has 0 aromatic heterocycles. The van der Waals surface area contributed by atoms with Crippen LogP contribution in [0.4, 0.5) is 4.39 Å². The molecule has 1 aromatic rings. The van der Waals surface area contributed by atoms with Crippen LogP contribution in [-0.4, -0.2) is 12.2 Å². The molecule has 0 atom stereocenters. The minimum Gasteiger partial charge on any atom is -0.496 e. The molecule has 0 aliphatic rings. The molecular formula is C8H8FO2. The lowest BCUT2D eigenvalue weighted by Gasteiger charge is -2.00. The van der Waals surface area contributed by atoms with E-state index in [0.717, 1.165) is 0 Å². The van der Waals surface area contributed by atoms with Crippen LogP contribution in [0, 0.1) is 11.9 Å². The molecule has 0 unspecified atom stereocenters. The summed E-state index contributed by atoms with van der Waals surface area (Å²) in [7, 11) is 1.43. The number of halogens is 1. The Morgan fingerprint density at radius 1 is 1.64 bits per heavy atom. The smallest absolute Gasteiger partial charge is 0.140 e. The van der Waals surface area contributed by atoms with Gasteiger partial charge in [-0.05, 0) is 6.07 Å². The van der Waals surface area contributed by atoms with E-state index in [2.05, 4.69) is 6.07 Å². The third kappa shape index (κ3) is 1.68. The molecule has 2 nitrogen and oxygen atoms in total. The molecule has 0 aliphatic heterocycles. The second-order valence-corrected chi connectivity index (χ2v) is 2.02. The predicted octanol–water partition coefficient (Wildman–Crippen LogP) is 1.13. The first kappa shape index (κ1) is 8.01. The summed E-state index contributed by atoms with van der Waals surface area (Å²) in [4.78, 5) is 0. The first-order valence-electron chi connectivity index (χ1n) is 3.13. The summed E-state index contributed by atoms with van der Waals surface area (Å²) in [5, 5.41) is 8.58. The Hall–Kier alpha value is -1.09. The van der Waals surface area contributed by atoms with Gasteiger partial charge in [-0.15, -0.1) is 0 Å². The van der Waals surface area contributed by atoms with Crippen LogP contribution < -0.4 is 4.74 Å². The van der Waals surface area contributed by atoms with E-state index in [-0.39, 0.29) is 12.2 Å². The fraction of sp³-hybridized carbons (Fsp3) is 0.250. The van der Waals surface area contributed by atoms with Crippen molar-refractivity contribution in [1.29, 1.82) is 0 Å². The Balaban J connectivity index is 2.99. The summed E-state index contributed by atoms with van der Waals surface area (Å²) in [5.41, 5.74) is 0.228. The fourth-order valence-corrected chi connectivity index (χ4v) is 0.721. The number of hydrogen-bond acceptors (Lipinski definition) is 2. The van der Waals surface area contributed by atoms with E-state index in [4.69, 9.17) is 9.84 Å². The van der Waals surface area contributed by atoms with Gasteiger partial charge < -0.3 is 9.84 Å². The minimum absolute atomic E-state index is 0.228. The molecule has 11 heavy (non-hydrogen) atoms. The number of aliphatic hydroxyl groups excluding tert-OH is 1. The Morgan fingerprint density at radius 3 is 2.82 bits per heavy atom. The zero-order valence-electron chi connectivity index (χ0n) is 6.10. The first-order valence-corrected chi connectivity index (χ1v) is 3.13. The lowest BCUT2D eigenvalue weighted by atomic mass is 10.2. The van der Waals surface area contributed by atoms with Gasteiger partial charge in [-0.25, -0.2) is 4.39 Å². The van der Waals surface area contributed by atoms with Gasteiger partial charge in [0.2, 0.25) is 0 Å². The summed E-state index contributed by atoms with van der Waals surface area (Å²) in [6, 6.07) is 5.34. The van der Waals surface area contributed by atoms with Crippen molar-refractivity contribution in [2.24, 2.45) is 0 Å². The van der Waals surface area contributed by atoms with E-state index < -0.39 is 5.82 Å². The van der Waals surface area contributed by atoms with Gasteiger partial charge in [0.05, 0.1) is 19.8 Å². The number of methoxy groups -OCH3 is 1. The second kappa shape index (κ2) is 3.34. The minimum atomic E-state index is -0.563. The topological polar surface area (TPSA) is 29.5 Å². The molecule has 3 heteroatoms. The third-order valence-electron chi connectivity index (χ3n) is 1.34. The molecule has 0 saturated carbocycles. The summed E-state index contributed by atoms with van der Waals surface area (Å²) < 4.78 is 17.5. The summed E-state index contributed by atoms with van der Waals surface area (Å²) in [5.74, 6) is -0.230. The van der Waals surface area contributed by atoms with E-state index >= 15 is 0 Å². The van der Waals surface area contributed by atoms with Gasteiger partial charge in [-0.2, -0.15) is 0 Å². The number of ether oxygens (including phenoxy) is 1. The summed E-state index contributed by atoms with van der Waals surface area (Å²) in [6.45, 7) is -0.313. The Morgan fingerprint density at radius 2 is 2.36 bits per heavy atom. The van der Waals surface area contributed by atoms with Crippen LogP contribution in [0.15, 0.2) is 12.1 Å². The van der Waals surface area contributed by atoms with Gasteiger partial charge in [0.25, 0.3) is 0 Å². The van der Waals surface area contributed by atoms with Crippen LogP contribution in [0.2, 0.25) is 0 Å². The van der Waals surface area contributed by atoms with Crippen molar-refractivity contribution in [2.75, 3.05) is 7.11 Å². The molecule has 1 radical (unpaired) electrons. The largest absolute Gasteiger partial charge is 0.496 e. The Bertz CT molecular complexity index is 248. The van der Waals surface area contributed by atoms with Gasteiger partial charge in [-0.3, -0.25) is 0 Å². The first-order chi connectivity index (χ1) is 5.27. The molecule has 0 bridgehead atoms. The van der Waals surface area contributed by atoms with E-state index in [0.29, 0.717) is 5.75 Å². The lowest BCUT2D eigenvalue weighted by molar-refractivity contribution is 0.275. The molecule has 0 spiro atoms. The van der Waals surface area contributed by atoms with Crippen molar-refractivity contribution in [3.05, 3.63) is 29.6 Å². The van der Waals surface area contributed by atoms with Crippen LogP contribution >= 0.6 is 0 Å². The van der Waals surface area contributed by atoms with Crippen LogP contribution in [0.25, 0.3) is 0 Å². The molecule has 0 fully saturated rings. The molecule has 1 N–H and O–H groups in total. The molecule has 0 heterocycles. The maximum Gasteiger partial charge on any atom is 0.140 e. The van der Waals surface area contributed by atoms with E-state index in [9.17, 15) is 4.39 Å². The summed E-state index contributed by atoms with van der Waals surface area (Å²) >= 11 is 0. The van der Waals surface area contributed by atoms with Crippen LogP contribution in [0.3, 0.4) is 0 Å². The quantitative estimate of drug-likeness (QED) is 0.693. The highest BCUT2D eigenvalue weighted by Gasteiger charge is 2.01. The standard InChI is InChI=1S/C8H8FO2/c1-11-7-3-2-6(5-10)8(9)4-7/h2-3,10H,5H2,1H3. The van der Waals surface area contributed by atoms with Crippen molar-refractivity contribution < 1.29 is 14.2 Å². The highest BCUT2D eigenvalue weighted by molar-refractivity contribution is 5.26. The van der Waals surface area contributed by atoms with Crippen molar-refractivity contribution in [1.82, 2.24) is 0 Å². The van der Waals surface area contributed by atoms with E-state index in [1.807, 2.05) is 0 Å². The van der Waals surface area contributed by atoms with Crippen molar-refractivity contribution >= 4 is 0 Å². The normalized spacial score (nSPS) is 9.73. The predicted molar refractivity (Wildman–Crippen MR) is 37.7 cm³/mol. The molecule has 0 aliphatic carbocycles. The second-order valence-electron chi connectivity index (χ2n) is 2.02. The van der Waals surface area contributed by atoms with Crippen molar-refractivity contribution in [3.8, 4) is 5.75 Å². The molecule has 1 rings (SSSR count).